The van der Waals surface area contributed by atoms with Crippen LogP contribution in [0.3, 0.4) is 0 Å². The van der Waals surface area contributed by atoms with E-state index in [1.54, 1.807) is 0 Å². The molecule has 0 aromatic heterocycles. The minimum absolute atomic E-state index is 0.370. The third kappa shape index (κ3) is 23.3. The normalized spacial score (nSPS) is 13.7. The summed E-state index contributed by atoms with van der Waals surface area (Å²) in [7, 11) is 0. The first-order chi connectivity index (χ1) is 11.0. The molecule has 150 valence electrons. The Morgan fingerprint density at radius 2 is 1.44 bits per heavy atom. The molecule has 0 saturated carbocycles. The highest BCUT2D eigenvalue weighted by atomic mass is 14.2. The van der Waals surface area contributed by atoms with Crippen molar-refractivity contribution in [3.8, 4) is 12.3 Å². The Hall–Kier alpha value is -0.700. The van der Waals surface area contributed by atoms with Gasteiger partial charge >= 0.3 is 0 Å². The molecular formula is C25H50. The van der Waals surface area contributed by atoms with Crippen molar-refractivity contribution in [2.24, 2.45) is 22.2 Å². The topological polar surface area (TPSA) is 0 Å². The fourth-order valence-electron chi connectivity index (χ4n) is 1.77. The molecule has 0 spiro atoms. The molecule has 0 aliphatic heterocycles. The molecule has 0 N–H and O–H groups in total. The lowest BCUT2D eigenvalue weighted by Crippen LogP contribution is -2.15. The van der Waals surface area contributed by atoms with E-state index in [0.717, 1.165) is 12.3 Å². The zero-order valence-electron chi connectivity index (χ0n) is 20.1. The van der Waals surface area contributed by atoms with Gasteiger partial charge in [0.25, 0.3) is 0 Å². The molecule has 0 bridgehead atoms. The maximum absolute atomic E-state index is 5.11. The summed E-state index contributed by atoms with van der Waals surface area (Å²) in [6.07, 6.45) is 11.9. The zero-order valence-corrected chi connectivity index (χ0v) is 20.1. The van der Waals surface area contributed by atoms with Gasteiger partial charge in [-0.05, 0) is 48.9 Å². The van der Waals surface area contributed by atoms with Gasteiger partial charge in [0.15, 0.2) is 0 Å². The second-order valence-corrected chi connectivity index (χ2v) is 10.5. The molecule has 0 saturated heterocycles. The fraction of sp³-hybridized carbons (Fsp3) is 0.840. The van der Waals surface area contributed by atoms with Crippen LogP contribution in [-0.4, -0.2) is 0 Å². The highest BCUT2D eigenvalue weighted by Gasteiger charge is 2.17. The highest BCUT2D eigenvalue weighted by Crippen LogP contribution is 2.27. The molecule has 0 aromatic carbocycles. The van der Waals surface area contributed by atoms with E-state index in [1.807, 2.05) is 0 Å². The van der Waals surface area contributed by atoms with Gasteiger partial charge < -0.3 is 0 Å². The average Bonchev–Trinajstić information content (AvgIpc) is 2.43. The number of terminal acetylenes is 1. The van der Waals surface area contributed by atoms with Crippen molar-refractivity contribution in [3.05, 3.63) is 11.6 Å². The number of hydrogen-bond acceptors (Lipinski definition) is 0. The Balaban J connectivity index is -0.000000291. The van der Waals surface area contributed by atoms with Crippen LogP contribution in [0, 0.1) is 34.5 Å². The molecule has 0 aliphatic carbocycles. The maximum Gasteiger partial charge on any atom is 0.00862 e. The van der Waals surface area contributed by atoms with Crippen molar-refractivity contribution in [2.75, 3.05) is 0 Å². The predicted molar refractivity (Wildman–Crippen MR) is 120 cm³/mol. The number of allylic oxidation sites excluding steroid dienone is 2. The Morgan fingerprint density at radius 3 is 1.56 bits per heavy atom. The Labute approximate surface area is 162 Å². The monoisotopic (exact) mass is 350 g/mol. The third-order valence-electron chi connectivity index (χ3n) is 4.95. The van der Waals surface area contributed by atoms with Gasteiger partial charge in [0.05, 0.1) is 0 Å². The Kier molecular flexibility index (Phi) is 15.7. The van der Waals surface area contributed by atoms with Gasteiger partial charge in [-0.1, -0.05) is 94.2 Å². The molecule has 0 nitrogen and oxygen atoms in total. The lowest BCUT2D eigenvalue weighted by atomic mass is 9.81. The predicted octanol–water partition coefficient (Wildman–Crippen LogP) is 8.91. The second kappa shape index (κ2) is 13.5. The molecule has 0 aliphatic rings. The van der Waals surface area contributed by atoms with E-state index in [2.05, 4.69) is 102 Å². The van der Waals surface area contributed by atoms with Crippen LogP contribution >= 0.6 is 0 Å². The first-order valence-electron chi connectivity index (χ1n) is 10.1. The summed E-state index contributed by atoms with van der Waals surface area (Å²) >= 11 is 0. The summed E-state index contributed by atoms with van der Waals surface area (Å²) in [5, 5.41) is 0. The van der Waals surface area contributed by atoms with Crippen molar-refractivity contribution >= 4 is 0 Å². The summed E-state index contributed by atoms with van der Waals surface area (Å²) < 4.78 is 0. The van der Waals surface area contributed by atoms with Crippen LogP contribution in [0.15, 0.2) is 11.6 Å². The largest absolute Gasteiger partial charge is 0.120 e. The van der Waals surface area contributed by atoms with Gasteiger partial charge in [0.2, 0.25) is 0 Å². The lowest BCUT2D eigenvalue weighted by Gasteiger charge is -2.25. The summed E-state index contributed by atoms with van der Waals surface area (Å²) in [4.78, 5) is 0. The Morgan fingerprint density at radius 1 is 1.00 bits per heavy atom. The van der Waals surface area contributed by atoms with Crippen molar-refractivity contribution in [3.63, 3.8) is 0 Å². The number of unbranched alkanes of at least 4 members (excludes halogenated alkanes) is 1. The van der Waals surface area contributed by atoms with Crippen LogP contribution in [0.2, 0.25) is 0 Å². The van der Waals surface area contributed by atoms with Crippen LogP contribution in [0.5, 0.6) is 0 Å². The summed E-state index contributed by atoms with van der Waals surface area (Å²) in [5.74, 6) is 3.49. The maximum atomic E-state index is 5.11. The first-order valence-corrected chi connectivity index (χ1v) is 10.1. The van der Waals surface area contributed by atoms with Crippen LogP contribution in [0.25, 0.3) is 0 Å². The number of hydrogen-bond donors (Lipinski definition) is 0. The molecule has 0 aromatic rings. The van der Waals surface area contributed by atoms with Crippen LogP contribution < -0.4 is 0 Å². The van der Waals surface area contributed by atoms with Gasteiger partial charge in [-0.15, -0.1) is 12.3 Å². The summed E-state index contributed by atoms with van der Waals surface area (Å²) in [6, 6.07) is 0. The molecule has 0 rings (SSSR count). The summed E-state index contributed by atoms with van der Waals surface area (Å²) in [5.41, 5.74) is 2.79. The van der Waals surface area contributed by atoms with E-state index in [-0.39, 0.29) is 0 Å². The second-order valence-electron chi connectivity index (χ2n) is 10.5. The molecule has 1 unspecified atom stereocenters. The van der Waals surface area contributed by atoms with Gasteiger partial charge in [0.1, 0.15) is 0 Å². The van der Waals surface area contributed by atoms with Crippen LogP contribution in [-0.2, 0) is 0 Å². The fourth-order valence-corrected chi connectivity index (χ4v) is 1.77. The smallest absolute Gasteiger partial charge is 0.00862 e. The quantitative estimate of drug-likeness (QED) is 0.271. The van der Waals surface area contributed by atoms with E-state index in [4.69, 9.17) is 6.42 Å². The van der Waals surface area contributed by atoms with E-state index in [0.29, 0.717) is 16.2 Å². The SMILES string of the molecule is C#CCCCC(C)(C)C.C/C=C(\C)C(C)(C)C.CCC(C)C(C)(C)C. The van der Waals surface area contributed by atoms with Crippen molar-refractivity contribution < 1.29 is 0 Å². The molecule has 0 fully saturated rings. The lowest BCUT2D eigenvalue weighted by molar-refractivity contribution is 0.254. The summed E-state index contributed by atoms with van der Waals surface area (Å²) in [6.45, 7) is 29.1. The van der Waals surface area contributed by atoms with Gasteiger partial charge in [-0.25, -0.2) is 0 Å². The van der Waals surface area contributed by atoms with Crippen LogP contribution in [0.4, 0.5) is 0 Å². The molecule has 0 heteroatoms. The van der Waals surface area contributed by atoms with Gasteiger partial charge in [0, 0.05) is 6.42 Å². The number of rotatable bonds is 3. The van der Waals surface area contributed by atoms with Crippen molar-refractivity contribution in [1.29, 1.82) is 0 Å². The Bertz CT molecular complexity index is 368. The van der Waals surface area contributed by atoms with E-state index in [1.165, 1.54) is 24.8 Å². The van der Waals surface area contributed by atoms with Gasteiger partial charge in [-0.3, -0.25) is 0 Å². The third-order valence-corrected chi connectivity index (χ3v) is 4.95. The zero-order chi connectivity index (χ0) is 20.9. The van der Waals surface area contributed by atoms with Crippen molar-refractivity contribution in [1.82, 2.24) is 0 Å². The molecule has 25 heavy (non-hydrogen) atoms. The molecule has 0 amide bonds. The molecule has 0 heterocycles. The molecule has 1 atom stereocenters. The first kappa shape index (κ1) is 29.1. The average molecular weight is 351 g/mol. The minimum Gasteiger partial charge on any atom is -0.120 e. The highest BCUT2D eigenvalue weighted by molar-refractivity contribution is 5.05. The van der Waals surface area contributed by atoms with E-state index >= 15 is 0 Å². The van der Waals surface area contributed by atoms with Crippen LogP contribution in [0.1, 0.15) is 116 Å². The molecule has 0 radical (unpaired) electrons. The minimum atomic E-state index is 0.370. The van der Waals surface area contributed by atoms with E-state index in [9.17, 15) is 0 Å². The van der Waals surface area contributed by atoms with E-state index < -0.39 is 0 Å². The molecular weight excluding hydrogens is 300 g/mol. The van der Waals surface area contributed by atoms with Gasteiger partial charge in [-0.2, -0.15) is 0 Å². The van der Waals surface area contributed by atoms with Crippen molar-refractivity contribution in [2.45, 2.75) is 116 Å². The standard InChI is InChI=1S/C9H16.C8H18.C8H16/c1-5-6-7-8-9(2,3)4;2*1-6-7(2)8(3,4)5/h1H,6-8H2,2-4H3;7H,6H2,1-5H3;6H,1-5H3/b;;7-6+.